The summed E-state index contributed by atoms with van der Waals surface area (Å²) in [6.45, 7) is 3.40. The van der Waals surface area contributed by atoms with Gasteiger partial charge in [-0.05, 0) is 74.9 Å². The fourth-order valence-corrected chi connectivity index (χ4v) is 5.29. The molecule has 2 aliphatic carbocycles. The topological polar surface area (TPSA) is 9.23 Å². The molecule has 1 nitrogen and oxygen atoms in total. The quantitative estimate of drug-likeness (QED) is 0.654. The Balaban J connectivity index is 1.45. The molecule has 0 aromatic rings. The van der Waals surface area contributed by atoms with E-state index in [-0.39, 0.29) is 0 Å². The van der Waals surface area contributed by atoms with Crippen LogP contribution in [0.5, 0.6) is 0 Å². The third-order valence-corrected chi connectivity index (χ3v) is 7.15. The molecule has 3 rings (SSSR count). The van der Waals surface area contributed by atoms with Gasteiger partial charge in [0, 0.05) is 5.25 Å². The van der Waals surface area contributed by atoms with Gasteiger partial charge in [0.2, 0.25) is 0 Å². The van der Waals surface area contributed by atoms with Crippen molar-refractivity contribution in [3.05, 3.63) is 12.2 Å². The van der Waals surface area contributed by atoms with E-state index in [2.05, 4.69) is 25.3 Å². The first-order valence-electron chi connectivity index (χ1n) is 9.07. The molecule has 0 radical (unpaired) electrons. The Labute approximate surface area is 135 Å². The predicted octanol–water partition coefficient (Wildman–Crippen LogP) is 5.31. The lowest BCUT2D eigenvalue weighted by molar-refractivity contribution is 0.0499. The van der Waals surface area contributed by atoms with E-state index < -0.39 is 0 Å². The number of fused-ring (bicyclic) bond motifs is 1. The zero-order valence-corrected chi connectivity index (χ0v) is 14.6. The normalized spacial score (nSPS) is 44.7. The summed E-state index contributed by atoms with van der Waals surface area (Å²) in [5.74, 6) is 3.89. The Morgan fingerprint density at radius 1 is 0.905 bits per heavy atom. The largest absolute Gasteiger partial charge is 0.373 e. The molecular formula is C19H32OS. The molecule has 21 heavy (non-hydrogen) atoms. The van der Waals surface area contributed by atoms with E-state index in [1.165, 1.54) is 51.4 Å². The third-order valence-electron chi connectivity index (χ3n) is 6.12. The van der Waals surface area contributed by atoms with Crippen molar-refractivity contribution in [3.63, 3.8) is 0 Å². The lowest BCUT2D eigenvalue weighted by Crippen LogP contribution is -2.30. The molecule has 6 atom stereocenters. The SMILES string of the molecule is CSC1CCC(/C=C/C2CCC3CC(C)CCC3C2)OC1. The van der Waals surface area contributed by atoms with Crippen LogP contribution >= 0.6 is 11.8 Å². The summed E-state index contributed by atoms with van der Waals surface area (Å²) in [5.41, 5.74) is 0. The van der Waals surface area contributed by atoms with Crippen LogP contribution in [0, 0.1) is 23.7 Å². The van der Waals surface area contributed by atoms with Gasteiger partial charge in [0.15, 0.2) is 0 Å². The molecule has 0 aromatic carbocycles. The smallest absolute Gasteiger partial charge is 0.0756 e. The van der Waals surface area contributed by atoms with Crippen LogP contribution in [0.3, 0.4) is 0 Å². The highest BCUT2D eigenvalue weighted by atomic mass is 32.2. The average molecular weight is 309 g/mol. The van der Waals surface area contributed by atoms with Gasteiger partial charge >= 0.3 is 0 Å². The molecule has 0 amide bonds. The van der Waals surface area contributed by atoms with Gasteiger partial charge in [-0.25, -0.2) is 0 Å². The van der Waals surface area contributed by atoms with Gasteiger partial charge in [0.25, 0.3) is 0 Å². The first kappa shape index (κ1) is 15.9. The summed E-state index contributed by atoms with van der Waals surface area (Å²) in [4.78, 5) is 0. The van der Waals surface area contributed by atoms with Gasteiger partial charge < -0.3 is 4.74 Å². The summed E-state index contributed by atoms with van der Waals surface area (Å²) in [5, 5.41) is 0.731. The van der Waals surface area contributed by atoms with Crippen LogP contribution in [0.15, 0.2) is 12.2 Å². The molecule has 1 heterocycles. The van der Waals surface area contributed by atoms with Gasteiger partial charge in [-0.2, -0.15) is 11.8 Å². The highest BCUT2D eigenvalue weighted by Crippen LogP contribution is 2.44. The first-order valence-corrected chi connectivity index (χ1v) is 10.4. The van der Waals surface area contributed by atoms with Crippen molar-refractivity contribution in [3.8, 4) is 0 Å². The Morgan fingerprint density at radius 2 is 1.71 bits per heavy atom. The maximum atomic E-state index is 5.99. The Morgan fingerprint density at radius 3 is 2.48 bits per heavy atom. The lowest BCUT2D eigenvalue weighted by atomic mass is 9.65. The third kappa shape index (κ3) is 4.28. The van der Waals surface area contributed by atoms with E-state index in [1.54, 1.807) is 0 Å². The van der Waals surface area contributed by atoms with E-state index in [0.29, 0.717) is 6.10 Å². The van der Waals surface area contributed by atoms with Gasteiger partial charge in [-0.3, -0.25) is 0 Å². The Hall–Kier alpha value is 0.0500. The zero-order chi connectivity index (χ0) is 14.7. The second kappa shape index (κ2) is 7.55. The molecule has 120 valence electrons. The zero-order valence-electron chi connectivity index (χ0n) is 13.8. The first-order chi connectivity index (χ1) is 10.2. The van der Waals surface area contributed by atoms with Gasteiger partial charge in [-0.15, -0.1) is 0 Å². The minimum atomic E-state index is 0.400. The summed E-state index contributed by atoms with van der Waals surface area (Å²) in [6.07, 6.45) is 18.9. The molecule has 0 aromatic heterocycles. The molecule has 0 spiro atoms. The molecule has 0 bridgehead atoms. The number of thioether (sulfide) groups is 1. The van der Waals surface area contributed by atoms with E-state index in [4.69, 9.17) is 4.74 Å². The van der Waals surface area contributed by atoms with Crippen LogP contribution < -0.4 is 0 Å². The summed E-state index contributed by atoms with van der Waals surface area (Å²) in [7, 11) is 0. The van der Waals surface area contributed by atoms with Crippen LogP contribution in [0.25, 0.3) is 0 Å². The number of allylic oxidation sites excluding steroid dienone is 1. The summed E-state index contributed by atoms with van der Waals surface area (Å²) in [6, 6.07) is 0. The van der Waals surface area contributed by atoms with Crippen LogP contribution in [0.2, 0.25) is 0 Å². The molecule has 3 aliphatic rings. The number of ether oxygens (including phenoxy) is 1. The van der Waals surface area contributed by atoms with Crippen molar-refractivity contribution >= 4 is 11.8 Å². The summed E-state index contributed by atoms with van der Waals surface area (Å²) >= 11 is 1.96. The highest BCUT2D eigenvalue weighted by Gasteiger charge is 2.33. The van der Waals surface area contributed by atoms with E-state index in [0.717, 1.165) is 35.5 Å². The van der Waals surface area contributed by atoms with Crippen molar-refractivity contribution in [1.29, 1.82) is 0 Å². The molecule has 1 aliphatic heterocycles. The van der Waals surface area contributed by atoms with Crippen LogP contribution in [0.1, 0.15) is 58.3 Å². The molecule has 1 saturated heterocycles. The minimum Gasteiger partial charge on any atom is -0.373 e. The maximum absolute atomic E-state index is 5.99. The van der Waals surface area contributed by atoms with Crippen LogP contribution in [-0.2, 0) is 4.74 Å². The van der Waals surface area contributed by atoms with Crippen molar-refractivity contribution in [2.75, 3.05) is 12.9 Å². The Kier molecular flexibility index (Phi) is 5.72. The highest BCUT2D eigenvalue weighted by molar-refractivity contribution is 7.99. The van der Waals surface area contributed by atoms with Crippen molar-refractivity contribution in [2.45, 2.75) is 69.6 Å². The second-order valence-electron chi connectivity index (χ2n) is 7.70. The van der Waals surface area contributed by atoms with Gasteiger partial charge in [0.05, 0.1) is 12.7 Å². The number of rotatable bonds is 3. The van der Waals surface area contributed by atoms with E-state index >= 15 is 0 Å². The monoisotopic (exact) mass is 308 g/mol. The minimum absolute atomic E-state index is 0.400. The number of hydrogen-bond donors (Lipinski definition) is 0. The fourth-order valence-electron chi connectivity index (χ4n) is 4.70. The summed E-state index contributed by atoms with van der Waals surface area (Å²) < 4.78 is 5.99. The van der Waals surface area contributed by atoms with Gasteiger partial charge in [0.1, 0.15) is 0 Å². The molecule has 2 saturated carbocycles. The number of hydrogen-bond acceptors (Lipinski definition) is 2. The van der Waals surface area contributed by atoms with E-state index in [9.17, 15) is 0 Å². The molecule has 2 heteroatoms. The fraction of sp³-hybridized carbons (Fsp3) is 0.895. The van der Waals surface area contributed by atoms with Crippen molar-refractivity contribution < 1.29 is 4.74 Å². The van der Waals surface area contributed by atoms with Crippen LogP contribution in [-0.4, -0.2) is 24.2 Å². The van der Waals surface area contributed by atoms with Gasteiger partial charge in [-0.1, -0.05) is 25.5 Å². The van der Waals surface area contributed by atoms with Crippen molar-refractivity contribution in [1.82, 2.24) is 0 Å². The molecule has 3 fully saturated rings. The molecule has 6 unspecified atom stereocenters. The predicted molar refractivity (Wildman–Crippen MR) is 92.8 cm³/mol. The Bertz CT molecular complexity index is 345. The van der Waals surface area contributed by atoms with Crippen molar-refractivity contribution in [2.24, 2.45) is 23.7 Å². The standard InChI is InChI=1S/C19H32OS/c1-14-3-6-17-12-15(4-7-16(17)11-14)5-8-18-9-10-19(21-2)13-20-18/h5,8,14-19H,3-4,6-7,9-13H2,1-2H3/b8-5+. The molecular weight excluding hydrogens is 276 g/mol. The average Bonchev–Trinajstić information content (AvgIpc) is 2.53. The lowest BCUT2D eigenvalue weighted by Gasteiger charge is -2.41. The van der Waals surface area contributed by atoms with E-state index in [1.807, 2.05) is 11.8 Å². The second-order valence-corrected chi connectivity index (χ2v) is 8.84. The van der Waals surface area contributed by atoms with Crippen LogP contribution in [0.4, 0.5) is 0 Å². The molecule has 0 N–H and O–H groups in total. The maximum Gasteiger partial charge on any atom is 0.0756 e.